The van der Waals surface area contributed by atoms with E-state index in [-0.39, 0.29) is 12.1 Å². The number of nitrogens with zero attached hydrogens (tertiary/aromatic N) is 3. The molecule has 0 amide bonds. The minimum Gasteiger partial charge on any atom is -0.379 e. The highest BCUT2D eigenvalue weighted by Crippen LogP contribution is 2.16. The zero-order valence-corrected chi connectivity index (χ0v) is 11.9. The van der Waals surface area contributed by atoms with Crippen molar-refractivity contribution in [2.24, 2.45) is 0 Å². The van der Waals surface area contributed by atoms with Gasteiger partial charge in [-0.15, -0.1) is 0 Å². The van der Waals surface area contributed by atoms with Crippen molar-refractivity contribution in [1.82, 2.24) is 15.3 Å². The summed E-state index contributed by atoms with van der Waals surface area (Å²) >= 11 is 0. The molecular formula is C13H23N5O. The largest absolute Gasteiger partial charge is 0.379 e. The van der Waals surface area contributed by atoms with Crippen LogP contribution in [-0.4, -0.2) is 55.9 Å². The quantitative estimate of drug-likeness (QED) is 0.818. The van der Waals surface area contributed by atoms with Gasteiger partial charge in [0, 0.05) is 33.3 Å². The predicted molar refractivity (Wildman–Crippen MR) is 76.7 cm³/mol. The maximum Gasteiger partial charge on any atom is 0.133 e. The number of anilines is 2. The molecule has 1 aromatic rings. The Hall–Kier alpha value is -1.40. The Morgan fingerprint density at radius 1 is 1.53 bits per heavy atom. The fourth-order valence-electron chi connectivity index (χ4n) is 2.25. The Kier molecular flexibility index (Phi) is 4.93. The molecule has 2 rings (SSSR count). The molecule has 19 heavy (non-hydrogen) atoms. The molecule has 0 aliphatic carbocycles. The van der Waals surface area contributed by atoms with Crippen LogP contribution in [0.1, 0.15) is 13.3 Å². The Bertz CT molecular complexity index is 400. The van der Waals surface area contributed by atoms with Crippen molar-refractivity contribution in [3.63, 3.8) is 0 Å². The van der Waals surface area contributed by atoms with Gasteiger partial charge in [0.15, 0.2) is 0 Å². The number of piperidine rings is 1. The molecule has 1 aliphatic heterocycles. The summed E-state index contributed by atoms with van der Waals surface area (Å²) in [6, 6.07) is 2.22. The molecule has 1 aliphatic rings. The summed E-state index contributed by atoms with van der Waals surface area (Å²) in [5.41, 5.74) is 0. The van der Waals surface area contributed by atoms with Crippen LogP contribution in [0.15, 0.2) is 12.4 Å². The highest BCUT2D eigenvalue weighted by Gasteiger charge is 2.24. The van der Waals surface area contributed by atoms with Gasteiger partial charge in [0.05, 0.1) is 12.1 Å². The predicted octanol–water partition coefficient (Wildman–Crippen LogP) is 0.722. The first-order valence-corrected chi connectivity index (χ1v) is 6.77. The number of aromatic nitrogens is 2. The van der Waals surface area contributed by atoms with E-state index in [1.807, 2.05) is 13.1 Å². The Morgan fingerprint density at radius 2 is 2.37 bits per heavy atom. The van der Waals surface area contributed by atoms with Gasteiger partial charge in [-0.05, 0) is 19.9 Å². The summed E-state index contributed by atoms with van der Waals surface area (Å²) in [7, 11) is 3.78. The standard InChI is InChI=1S/C13H23N5O/c1-4-18(2)13-7-12(15-9-16-13)17-10-8-14-6-5-11(10)19-3/h7,9-11,14H,4-6,8H2,1-3H3,(H,15,16,17)/t10-,11+/m0/s1. The van der Waals surface area contributed by atoms with E-state index in [0.29, 0.717) is 0 Å². The molecule has 2 heterocycles. The van der Waals surface area contributed by atoms with Crippen LogP contribution in [-0.2, 0) is 4.74 Å². The number of nitrogens with one attached hydrogen (secondary N) is 2. The molecule has 0 spiro atoms. The van der Waals surface area contributed by atoms with Gasteiger partial charge in [0.1, 0.15) is 18.0 Å². The lowest BCUT2D eigenvalue weighted by molar-refractivity contribution is 0.0664. The lowest BCUT2D eigenvalue weighted by Crippen LogP contribution is -2.49. The third-order valence-electron chi connectivity index (χ3n) is 3.57. The van der Waals surface area contributed by atoms with Crippen LogP contribution in [0.5, 0.6) is 0 Å². The van der Waals surface area contributed by atoms with Gasteiger partial charge in [0.25, 0.3) is 0 Å². The molecule has 6 heteroatoms. The topological polar surface area (TPSA) is 62.3 Å². The third-order valence-corrected chi connectivity index (χ3v) is 3.57. The van der Waals surface area contributed by atoms with Gasteiger partial charge in [-0.25, -0.2) is 9.97 Å². The van der Waals surface area contributed by atoms with Gasteiger partial charge in [0.2, 0.25) is 0 Å². The van der Waals surface area contributed by atoms with Crippen LogP contribution in [0.4, 0.5) is 11.6 Å². The number of methoxy groups -OCH3 is 1. The van der Waals surface area contributed by atoms with Crippen molar-refractivity contribution in [2.45, 2.75) is 25.5 Å². The summed E-state index contributed by atoms with van der Waals surface area (Å²) in [6.07, 6.45) is 2.84. The SMILES string of the molecule is CCN(C)c1cc(N[C@H]2CNCC[C@H]2OC)ncn1. The van der Waals surface area contributed by atoms with Gasteiger partial charge in [-0.1, -0.05) is 0 Å². The molecule has 2 N–H and O–H groups in total. The van der Waals surface area contributed by atoms with Crippen LogP contribution >= 0.6 is 0 Å². The summed E-state index contributed by atoms with van der Waals surface area (Å²) < 4.78 is 5.52. The van der Waals surface area contributed by atoms with Crippen molar-refractivity contribution in [2.75, 3.05) is 44.0 Å². The van der Waals surface area contributed by atoms with E-state index in [4.69, 9.17) is 4.74 Å². The highest BCUT2D eigenvalue weighted by atomic mass is 16.5. The van der Waals surface area contributed by atoms with Gasteiger partial charge < -0.3 is 20.3 Å². The first-order valence-electron chi connectivity index (χ1n) is 6.77. The fourth-order valence-corrected chi connectivity index (χ4v) is 2.25. The third kappa shape index (κ3) is 3.54. The average molecular weight is 265 g/mol. The zero-order valence-electron chi connectivity index (χ0n) is 11.9. The second-order valence-corrected chi connectivity index (χ2v) is 4.79. The van der Waals surface area contributed by atoms with Gasteiger partial charge >= 0.3 is 0 Å². The van der Waals surface area contributed by atoms with Crippen LogP contribution in [0, 0.1) is 0 Å². The molecule has 0 bridgehead atoms. The number of rotatable bonds is 5. The monoisotopic (exact) mass is 265 g/mol. The smallest absolute Gasteiger partial charge is 0.133 e. The Balaban J connectivity index is 2.05. The van der Waals surface area contributed by atoms with E-state index in [2.05, 4.69) is 32.4 Å². The van der Waals surface area contributed by atoms with Crippen molar-refractivity contribution >= 4 is 11.6 Å². The lowest BCUT2D eigenvalue weighted by atomic mass is 10.0. The molecule has 1 saturated heterocycles. The van der Waals surface area contributed by atoms with E-state index >= 15 is 0 Å². The summed E-state index contributed by atoms with van der Waals surface area (Å²) in [4.78, 5) is 10.6. The first kappa shape index (κ1) is 14.0. The lowest BCUT2D eigenvalue weighted by Gasteiger charge is -2.32. The minimum absolute atomic E-state index is 0.226. The number of ether oxygens (including phenoxy) is 1. The van der Waals surface area contributed by atoms with Crippen LogP contribution in [0.2, 0.25) is 0 Å². The second kappa shape index (κ2) is 6.68. The molecule has 2 atom stereocenters. The molecule has 1 aromatic heterocycles. The van der Waals surface area contributed by atoms with E-state index in [9.17, 15) is 0 Å². The van der Waals surface area contributed by atoms with Crippen molar-refractivity contribution in [3.05, 3.63) is 12.4 Å². The minimum atomic E-state index is 0.226. The van der Waals surface area contributed by atoms with E-state index in [1.54, 1.807) is 13.4 Å². The molecular weight excluding hydrogens is 242 g/mol. The van der Waals surface area contributed by atoms with Gasteiger partial charge in [-0.3, -0.25) is 0 Å². The molecule has 0 saturated carbocycles. The number of hydrogen-bond donors (Lipinski definition) is 2. The highest BCUT2D eigenvalue weighted by molar-refractivity contribution is 5.48. The first-order chi connectivity index (χ1) is 9.24. The Labute approximate surface area is 114 Å². The maximum absolute atomic E-state index is 5.52. The molecule has 1 fully saturated rings. The average Bonchev–Trinajstić information content (AvgIpc) is 2.47. The molecule has 0 unspecified atom stereocenters. The summed E-state index contributed by atoms with van der Waals surface area (Å²) in [5, 5.41) is 6.81. The number of hydrogen-bond acceptors (Lipinski definition) is 6. The maximum atomic E-state index is 5.52. The molecule has 0 radical (unpaired) electrons. The van der Waals surface area contributed by atoms with Gasteiger partial charge in [-0.2, -0.15) is 0 Å². The summed E-state index contributed by atoms with van der Waals surface area (Å²) in [6.45, 7) is 4.91. The van der Waals surface area contributed by atoms with Crippen LogP contribution in [0.25, 0.3) is 0 Å². The molecule has 106 valence electrons. The van der Waals surface area contributed by atoms with Crippen molar-refractivity contribution in [1.29, 1.82) is 0 Å². The van der Waals surface area contributed by atoms with E-state index in [0.717, 1.165) is 37.7 Å². The van der Waals surface area contributed by atoms with E-state index in [1.165, 1.54) is 0 Å². The Morgan fingerprint density at radius 3 is 3.11 bits per heavy atom. The molecule has 6 nitrogen and oxygen atoms in total. The van der Waals surface area contributed by atoms with E-state index < -0.39 is 0 Å². The fraction of sp³-hybridized carbons (Fsp3) is 0.692. The zero-order chi connectivity index (χ0) is 13.7. The van der Waals surface area contributed by atoms with Crippen molar-refractivity contribution in [3.8, 4) is 0 Å². The normalized spacial score (nSPS) is 23.1. The van der Waals surface area contributed by atoms with Crippen molar-refractivity contribution < 1.29 is 4.74 Å². The summed E-state index contributed by atoms with van der Waals surface area (Å²) in [5.74, 6) is 1.78. The van der Waals surface area contributed by atoms with Crippen LogP contribution in [0.3, 0.4) is 0 Å². The second-order valence-electron chi connectivity index (χ2n) is 4.79. The van der Waals surface area contributed by atoms with Crippen LogP contribution < -0.4 is 15.5 Å². The molecule has 0 aromatic carbocycles.